The Bertz CT molecular complexity index is 774. The summed E-state index contributed by atoms with van der Waals surface area (Å²) in [4.78, 5) is 27.9. The Labute approximate surface area is 167 Å². The maximum Gasteiger partial charge on any atom is 0.225 e. The number of aromatic nitrogens is 3. The van der Waals surface area contributed by atoms with Gasteiger partial charge in [-0.2, -0.15) is 0 Å². The Balaban J connectivity index is 1.57. The highest BCUT2D eigenvalue weighted by Crippen LogP contribution is 2.25. The van der Waals surface area contributed by atoms with Crippen LogP contribution in [-0.4, -0.2) is 33.9 Å². The minimum absolute atomic E-state index is 0.0270. The number of aryl methyl sites for hydroxylation is 2. The van der Waals surface area contributed by atoms with Crippen LogP contribution in [-0.2, 0) is 11.2 Å². The lowest BCUT2D eigenvalue weighted by Gasteiger charge is -2.31. The first kappa shape index (κ1) is 20.2. The number of nitrogens with zero attached hydrogens (tertiary/aromatic N) is 4. The van der Waals surface area contributed by atoms with Gasteiger partial charge < -0.3 is 10.2 Å². The monoisotopic (exact) mass is 381 g/mol. The minimum Gasteiger partial charge on any atom is -0.349 e. The summed E-state index contributed by atoms with van der Waals surface area (Å²) >= 11 is 0. The molecule has 0 radical (unpaired) electrons. The third kappa shape index (κ3) is 5.27. The quantitative estimate of drug-likeness (QED) is 0.791. The van der Waals surface area contributed by atoms with E-state index in [1.54, 1.807) is 12.4 Å². The summed E-state index contributed by atoms with van der Waals surface area (Å²) in [5.41, 5.74) is 2.96. The van der Waals surface area contributed by atoms with E-state index in [9.17, 15) is 4.79 Å². The number of carbonyl (C=O) groups is 1. The van der Waals surface area contributed by atoms with Crippen LogP contribution in [0.15, 0.2) is 30.7 Å². The summed E-state index contributed by atoms with van der Waals surface area (Å²) in [5.74, 6) is 0.808. The fourth-order valence-corrected chi connectivity index (χ4v) is 3.89. The van der Waals surface area contributed by atoms with Gasteiger partial charge in [-0.15, -0.1) is 0 Å². The van der Waals surface area contributed by atoms with Gasteiger partial charge in [0, 0.05) is 49.4 Å². The highest BCUT2D eigenvalue weighted by atomic mass is 16.1. The fourth-order valence-electron chi connectivity index (χ4n) is 3.89. The third-order valence-corrected chi connectivity index (χ3v) is 5.65. The molecule has 6 nitrogen and oxygen atoms in total. The number of pyridine rings is 1. The largest absolute Gasteiger partial charge is 0.349 e. The van der Waals surface area contributed by atoms with Crippen LogP contribution in [0.2, 0.25) is 0 Å². The van der Waals surface area contributed by atoms with E-state index in [1.165, 1.54) is 32.1 Å². The van der Waals surface area contributed by atoms with Crippen molar-refractivity contribution in [2.24, 2.45) is 0 Å². The highest BCUT2D eigenvalue weighted by Gasteiger charge is 2.21. The van der Waals surface area contributed by atoms with Crippen molar-refractivity contribution in [1.29, 1.82) is 0 Å². The molecule has 1 saturated carbocycles. The number of hydrogen-bond acceptors (Lipinski definition) is 5. The Kier molecular flexibility index (Phi) is 6.95. The second kappa shape index (κ2) is 9.62. The van der Waals surface area contributed by atoms with Gasteiger partial charge in [-0.3, -0.25) is 9.78 Å². The summed E-state index contributed by atoms with van der Waals surface area (Å²) in [6.45, 7) is 3.98. The molecule has 0 bridgehead atoms. The number of rotatable bonds is 7. The lowest BCUT2D eigenvalue weighted by Crippen LogP contribution is -2.35. The summed E-state index contributed by atoms with van der Waals surface area (Å²) < 4.78 is 0. The molecule has 1 atom stereocenters. The molecular weight excluding hydrogens is 350 g/mol. The molecule has 3 rings (SSSR count). The molecule has 1 aliphatic rings. The number of nitrogens with one attached hydrogen (secondary N) is 1. The van der Waals surface area contributed by atoms with Crippen LogP contribution in [0.25, 0.3) is 0 Å². The molecule has 0 aromatic carbocycles. The molecule has 1 amide bonds. The van der Waals surface area contributed by atoms with Gasteiger partial charge in [0.25, 0.3) is 0 Å². The zero-order valence-electron chi connectivity index (χ0n) is 17.2. The average molecular weight is 382 g/mol. The van der Waals surface area contributed by atoms with Crippen LogP contribution >= 0.6 is 0 Å². The van der Waals surface area contributed by atoms with Crippen molar-refractivity contribution in [1.82, 2.24) is 20.3 Å². The van der Waals surface area contributed by atoms with Crippen molar-refractivity contribution in [3.8, 4) is 0 Å². The molecule has 6 heteroatoms. The molecule has 150 valence electrons. The minimum atomic E-state index is -0.115. The highest BCUT2D eigenvalue weighted by molar-refractivity contribution is 5.76. The molecule has 0 spiro atoms. The van der Waals surface area contributed by atoms with Gasteiger partial charge in [0.05, 0.1) is 6.04 Å². The van der Waals surface area contributed by atoms with Crippen LogP contribution in [0.4, 0.5) is 5.95 Å². The Morgan fingerprint density at radius 3 is 2.75 bits per heavy atom. The zero-order valence-corrected chi connectivity index (χ0v) is 17.2. The Morgan fingerprint density at radius 1 is 1.29 bits per heavy atom. The predicted octanol–water partition coefficient (Wildman–Crippen LogP) is 3.76. The maximum atomic E-state index is 12.3. The summed E-state index contributed by atoms with van der Waals surface area (Å²) in [5, 5.41) is 3.07. The van der Waals surface area contributed by atoms with Crippen molar-refractivity contribution in [2.45, 2.75) is 70.9 Å². The van der Waals surface area contributed by atoms with Crippen LogP contribution in [0.5, 0.6) is 0 Å². The first-order valence-electron chi connectivity index (χ1n) is 10.3. The van der Waals surface area contributed by atoms with Crippen molar-refractivity contribution < 1.29 is 4.79 Å². The van der Waals surface area contributed by atoms with Crippen molar-refractivity contribution in [3.63, 3.8) is 0 Å². The normalized spacial score (nSPS) is 15.8. The van der Waals surface area contributed by atoms with Crippen molar-refractivity contribution in [3.05, 3.63) is 47.5 Å². The van der Waals surface area contributed by atoms with Crippen LogP contribution < -0.4 is 10.2 Å². The average Bonchev–Trinajstić information content (AvgIpc) is 2.73. The fraction of sp³-hybridized carbons (Fsp3) is 0.545. The molecule has 2 aromatic heterocycles. The molecule has 2 aromatic rings. The van der Waals surface area contributed by atoms with E-state index in [0.717, 1.165) is 22.8 Å². The standard InChI is InChI=1S/C22H31N5O/c1-16(25-21(28)12-11-18-8-7-13-23-14-18)20-15-24-22(26-17(20)2)27(3)19-9-5-4-6-10-19/h7-8,13-16,19H,4-6,9-12H2,1-3H3,(H,25,28). The number of carbonyl (C=O) groups excluding carboxylic acids is 1. The van der Waals surface area contributed by atoms with Gasteiger partial charge in [-0.05, 0) is 44.7 Å². The van der Waals surface area contributed by atoms with Crippen molar-refractivity contribution in [2.75, 3.05) is 11.9 Å². The van der Waals surface area contributed by atoms with Gasteiger partial charge in [-0.1, -0.05) is 25.3 Å². The Hall–Kier alpha value is -2.50. The number of hydrogen-bond donors (Lipinski definition) is 1. The predicted molar refractivity (Wildman–Crippen MR) is 111 cm³/mol. The molecule has 1 fully saturated rings. The smallest absolute Gasteiger partial charge is 0.225 e. The Morgan fingerprint density at radius 2 is 2.07 bits per heavy atom. The second-order valence-corrected chi connectivity index (χ2v) is 7.76. The lowest BCUT2D eigenvalue weighted by atomic mass is 9.95. The van der Waals surface area contributed by atoms with E-state index in [2.05, 4.69) is 27.2 Å². The molecular formula is C22H31N5O. The zero-order chi connectivity index (χ0) is 19.9. The number of anilines is 1. The van der Waals surface area contributed by atoms with E-state index in [-0.39, 0.29) is 11.9 Å². The molecule has 1 aliphatic carbocycles. The first-order valence-corrected chi connectivity index (χ1v) is 10.3. The van der Waals surface area contributed by atoms with Crippen LogP contribution in [0.1, 0.15) is 68.3 Å². The third-order valence-electron chi connectivity index (χ3n) is 5.65. The summed E-state index contributed by atoms with van der Waals surface area (Å²) in [6, 6.07) is 4.30. The molecule has 28 heavy (non-hydrogen) atoms. The van der Waals surface area contributed by atoms with Gasteiger partial charge in [0.15, 0.2) is 0 Å². The van der Waals surface area contributed by atoms with Gasteiger partial charge in [-0.25, -0.2) is 9.97 Å². The summed E-state index contributed by atoms with van der Waals surface area (Å²) in [7, 11) is 2.09. The summed E-state index contributed by atoms with van der Waals surface area (Å²) in [6.07, 6.45) is 12.9. The molecule has 1 N–H and O–H groups in total. The topological polar surface area (TPSA) is 71.0 Å². The van der Waals surface area contributed by atoms with E-state index in [0.29, 0.717) is 18.9 Å². The SMILES string of the molecule is Cc1nc(N(C)C2CCCCC2)ncc1C(C)NC(=O)CCc1cccnc1. The lowest BCUT2D eigenvalue weighted by molar-refractivity contribution is -0.121. The first-order chi connectivity index (χ1) is 13.5. The van der Waals surface area contributed by atoms with Gasteiger partial charge >= 0.3 is 0 Å². The maximum absolute atomic E-state index is 12.3. The van der Waals surface area contributed by atoms with Gasteiger partial charge in [0.1, 0.15) is 0 Å². The second-order valence-electron chi connectivity index (χ2n) is 7.76. The molecule has 0 saturated heterocycles. The van der Waals surface area contributed by atoms with E-state index >= 15 is 0 Å². The van der Waals surface area contributed by atoms with E-state index in [1.807, 2.05) is 32.2 Å². The molecule has 1 unspecified atom stereocenters. The number of amides is 1. The molecule has 0 aliphatic heterocycles. The van der Waals surface area contributed by atoms with Gasteiger partial charge in [0.2, 0.25) is 11.9 Å². The van der Waals surface area contributed by atoms with Crippen molar-refractivity contribution >= 4 is 11.9 Å². The van der Waals surface area contributed by atoms with E-state index in [4.69, 9.17) is 4.98 Å². The molecule has 2 heterocycles. The van der Waals surface area contributed by atoms with Crippen LogP contribution in [0.3, 0.4) is 0 Å². The van der Waals surface area contributed by atoms with E-state index < -0.39 is 0 Å². The van der Waals surface area contributed by atoms with Crippen LogP contribution in [0, 0.1) is 6.92 Å².